The lowest BCUT2D eigenvalue weighted by Crippen LogP contribution is -2.68. The number of halogens is 1. The summed E-state index contributed by atoms with van der Waals surface area (Å²) in [5.74, 6) is -0.581. The molecule has 0 bridgehead atoms. The number of nitrogens with zero attached hydrogens (tertiary/aromatic N) is 1. The summed E-state index contributed by atoms with van der Waals surface area (Å²) in [6.07, 6.45) is -1.15. The summed E-state index contributed by atoms with van der Waals surface area (Å²) in [5, 5.41) is 10.5. The van der Waals surface area contributed by atoms with E-state index in [1.54, 1.807) is 0 Å². The zero-order chi connectivity index (χ0) is 22.6. The molecule has 5 nitrogen and oxygen atoms in total. The topological polar surface area (TPSA) is 66.8 Å². The molecule has 31 heavy (non-hydrogen) atoms. The number of benzene rings is 2. The number of unbranched alkanes of at least 4 members (excludes halogenated alkanes) is 1. The molecule has 3 rings (SSSR count). The van der Waals surface area contributed by atoms with Gasteiger partial charge in [-0.1, -0.05) is 81.4 Å². The molecule has 1 aliphatic heterocycles. The first-order valence-electron chi connectivity index (χ1n) is 10.6. The van der Waals surface area contributed by atoms with E-state index >= 15 is 0 Å². The largest absolute Gasteiger partial charge is 0.465 e. The number of cyclic esters (lactones) is 1. The van der Waals surface area contributed by atoms with E-state index in [1.807, 2.05) is 81.4 Å². The molecule has 2 aromatic rings. The van der Waals surface area contributed by atoms with Gasteiger partial charge >= 0.3 is 12.1 Å². The van der Waals surface area contributed by atoms with Crippen LogP contribution in [-0.4, -0.2) is 34.3 Å². The van der Waals surface area contributed by atoms with Gasteiger partial charge in [0.2, 0.25) is 0 Å². The SMILES string of the molecule is CC(C)(C)[C@]1(CCCCF)C(=O)O[C@@H](c2ccccc2)[C@@H](c2ccccc2)N1C(=O)O. The van der Waals surface area contributed by atoms with E-state index in [1.165, 1.54) is 4.90 Å². The average molecular weight is 428 g/mol. The summed E-state index contributed by atoms with van der Waals surface area (Å²) >= 11 is 0. The second kappa shape index (κ2) is 9.08. The number of ether oxygens (including phenoxy) is 1. The lowest BCUT2D eigenvalue weighted by atomic mass is 9.67. The number of carboxylic acid groups (broad SMARTS) is 1. The second-order valence-corrected chi connectivity index (χ2v) is 9.00. The fourth-order valence-corrected chi connectivity index (χ4v) is 4.64. The van der Waals surface area contributed by atoms with Gasteiger partial charge in [-0.25, -0.2) is 9.59 Å². The molecule has 2 aromatic carbocycles. The maximum Gasteiger partial charge on any atom is 0.408 e. The van der Waals surface area contributed by atoms with E-state index in [2.05, 4.69) is 0 Å². The Labute approximate surface area is 182 Å². The van der Waals surface area contributed by atoms with Crippen molar-refractivity contribution in [2.45, 2.75) is 57.7 Å². The van der Waals surface area contributed by atoms with E-state index in [4.69, 9.17) is 4.74 Å². The third-order valence-corrected chi connectivity index (χ3v) is 6.19. The number of esters is 1. The molecule has 1 fully saturated rings. The number of hydrogen-bond donors (Lipinski definition) is 1. The Kier molecular flexibility index (Phi) is 6.68. The highest BCUT2D eigenvalue weighted by atomic mass is 19.1. The van der Waals surface area contributed by atoms with Crippen LogP contribution in [0.25, 0.3) is 0 Å². The smallest absolute Gasteiger partial charge is 0.408 e. The number of carbonyl (C=O) groups is 2. The molecule has 166 valence electrons. The van der Waals surface area contributed by atoms with Crippen LogP contribution in [0, 0.1) is 5.41 Å². The lowest BCUT2D eigenvalue weighted by Gasteiger charge is -2.56. The predicted molar refractivity (Wildman–Crippen MR) is 116 cm³/mol. The Bertz CT molecular complexity index is 897. The van der Waals surface area contributed by atoms with Gasteiger partial charge in [0, 0.05) is 0 Å². The average Bonchev–Trinajstić information content (AvgIpc) is 2.74. The molecule has 1 heterocycles. The number of hydrogen-bond acceptors (Lipinski definition) is 3. The Morgan fingerprint density at radius 3 is 2.06 bits per heavy atom. The van der Waals surface area contributed by atoms with Crippen LogP contribution in [-0.2, 0) is 9.53 Å². The van der Waals surface area contributed by atoms with E-state index in [0.29, 0.717) is 6.42 Å². The van der Waals surface area contributed by atoms with E-state index in [-0.39, 0.29) is 12.8 Å². The molecule has 1 N–H and O–H groups in total. The number of morpholine rings is 1. The van der Waals surface area contributed by atoms with Gasteiger partial charge in [0.25, 0.3) is 0 Å². The number of rotatable bonds is 6. The zero-order valence-electron chi connectivity index (χ0n) is 18.3. The number of alkyl halides is 1. The van der Waals surface area contributed by atoms with Crippen molar-refractivity contribution in [3.63, 3.8) is 0 Å². The number of amides is 1. The molecular formula is C25H30FNO4. The van der Waals surface area contributed by atoms with E-state index in [9.17, 15) is 19.1 Å². The fourth-order valence-electron chi connectivity index (χ4n) is 4.64. The minimum Gasteiger partial charge on any atom is -0.465 e. The molecule has 0 unspecified atom stereocenters. The van der Waals surface area contributed by atoms with Gasteiger partial charge in [0.05, 0.1) is 6.67 Å². The van der Waals surface area contributed by atoms with Gasteiger partial charge < -0.3 is 9.84 Å². The molecule has 1 amide bonds. The molecule has 6 heteroatoms. The van der Waals surface area contributed by atoms with Crippen molar-refractivity contribution in [1.29, 1.82) is 0 Å². The van der Waals surface area contributed by atoms with Gasteiger partial charge in [0.15, 0.2) is 6.10 Å². The first-order chi connectivity index (χ1) is 14.7. The van der Waals surface area contributed by atoms with E-state index in [0.717, 1.165) is 11.1 Å². The Hall–Kier alpha value is -2.89. The van der Waals surface area contributed by atoms with Crippen LogP contribution in [0.2, 0.25) is 0 Å². The maximum absolute atomic E-state index is 13.6. The van der Waals surface area contributed by atoms with Gasteiger partial charge in [-0.2, -0.15) is 0 Å². The molecule has 0 radical (unpaired) electrons. The molecule has 0 spiro atoms. The van der Waals surface area contributed by atoms with Crippen molar-refractivity contribution >= 4 is 12.1 Å². The van der Waals surface area contributed by atoms with Crippen LogP contribution in [0.5, 0.6) is 0 Å². The molecule has 1 saturated heterocycles. The van der Waals surface area contributed by atoms with Gasteiger partial charge in [-0.3, -0.25) is 9.29 Å². The Morgan fingerprint density at radius 1 is 1.03 bits per heavy atom. The minimum absolute atomic E-state index is 0.191. The van der Waals surface area contributed by atoms with Crippen LogP contribution >= 0.6 is 0 Å². The van der Waals surface area contributed by atoms with Crippen LogP contribution in [0.3, 0.4) is 0 Å². The lowest BCUT2D eigenvalue weighted by molar-refractivity contribution is -0.200. The summed E-state index contributed by atoms with van der Waals surface area (Å²) in [4.78, 5) is 27.7. The van der Waals surface area contributed by atoms with Crippen molar-refractivity contribution in [3.8, 4) is 0 Å². The highest BCUT2D eigenvalue weighted by Crippen LogP contribution is 2.53. The third kappa shape index (κ3) is 4.16. The summed E-state index contributed by atoms with van der Waals surface area (Å²) in [5.41, 5.74) is -0.750. The second-order valence-electron chi connectivity index (χ2n) is 9.00. The summed E-state index contributed by atoms with van der Waals surface area (Å²) in [6.45, 7) is 5.00. The van der Waals surface area contributed by atoms with Crippen molar-refractivity contribution < 1.29 is 23.8 Å². The summed E-state index contributed by atoms with van der Waals surface area (Å²) in [7, 11) is 0. The highest BCUT2D eigenvalue weighted by molar-refractivity contribution is 5.88. The third-order valence-electron chi connectivity index (χ3n) is 6.19. The molecule has 1 aliphatic rings. The van der Waals surface area contributed by atoms with Gasteiger partial charge in [-0.15, -0.1) is 0 Å². The molecular weight excluding hydrogens is 397 g/mol. The predicted octanol–water partition coefficient (Wildman–Crippen LogP) is 5.93. The van der Waals surface area contributed by atoms with Crippen molar-refractivity contribution in [1.82, 2.24) is 4.90 Å². The standard InChI is InChI=1S/C25H30FNO4/c1-24(2,3)25(16-10-11-17-26)22(28)31-21(19-14-8-5-9-15-19)20(27(25)23(29)30)18-12-6-4-7-13-18/h4-9,12-15,20-21H,10-11,16-17H2,1-3H3,(H,29,30)/t20-,21+,25+/m1/s1. The molecule has 0 saturated carbocycles. The van der Waals surface area contributed by atoms with Gasteiger partial charge in [-0.05, 0) is 35.8 Å². The zero-order valence-corrected chi connectivity index (χ0v) is 18.3. The first-order valence-corrected chi connectivity index (χ1v) is 10.6. The van der Waals surface area contributed by atoms with Crippen molar-refractivity contribution in [2.75, 3.05) is 6.67 Å². The molecule has 0 aromatic heterocycles. The van der Waals surface area contributed by atoms with Crippen LogP contribution < -0.4 is 0 Å². The maximum atomic E-state index is 13.6. The highest BCUT2D eigenvalue weighted by Gasteiger charge is 2.62. The monoisotopic (exact) mass is 427 g/mol. The fraction of sp³-hybridized carbons (Fsp3) is 0.440. The van der Waals surface area contributed by atoms with Crippen molar-refractivity contribution in [2.24, 2.45) is 5.41 Å². The Morgan fingerprint density at radius 2 is 1.58 bits per heavy atom. The Balaban J connectivity index is 2.23. The normalized spacial score (nSPS) is 24.0. The first kappa shape index (κ1) is 22.8. The van der Waals surface area contributed by atoms with E-state index < -0.39 is 41.8 Å². The minimum atomic E-state index is -1.44. The van der Waals surface area contributed by atoms with Gasteiger partial charge in [0.1, 0.15) is 11.6 Å². The van der Waals surface area contributed by atoms with Crippen LogP contribution in [0.15, 0.2) is 60.7 Å². The number of carbonyl (C=O) groups excluding carboxylic acids is 1. The molecule has 0 aliphatic carbocycles. The van der Waals surface area contributed by atoms with Crippen LogP contribution in [0.4, 0.5) is 9.18 Å². The van der Waals surface area contributed by atoms with Crippen LogP contribution in [0.1, 0.15) is 63.3 Å². The van der Waals surface area contributed by atoms with Crippen molar-refractivity contribution in [3.05, 3.63) is 71.8 Å². The summed E-state index contributed by atoms with van der Waals surface area (Å²) in [6, 6.07) is 17.7. The quantitative estimate of drug-likeness (QED) is 0.458. The summed E-state index contributed by atoms with van der Waals surface area (Å²) < 4.78 is 19.0. The molecule has 3 atom stereocenters.